The van der Waals surface area contributed by atoms with Gasteiger partial charge in [0, 0.05) is 6.54 Å². The van der Waals surface area contributed by atoms with Gasteiger partial charge in [-0.15, -0.1) is 0 Å². The second-order valence-corrected chi connectivity index (χ2v) is 6.15. The molecule has 0 radical (unpaired) electrons. The summed E-state index contributed by atoms with van der Waals surface area (Å²) in [6, 6.07) is 8.96. The van der Waals surface area contributed by atoms with E-state index in [-0.39, 0.29) is 12.6 Å². The average molecular weight is 322 g/mol. The third-order valence-electron chi connectivity index (χ3n) is 2.95. The summed E-state index contributed by atoms with van der Waals surface area (Å²) >= 11 is 0. The molecule has 1 aromatic carbocycles. The van der Waals surface area contributed by atoms with Gasteiger partial charge >= 0.3 is 12.1 Å². The molecule has 0 spiro atoms. The van der Waals surface area contributed by atoms with E-state index in [0.717, 1.165) is 5.56 Å². The summed E-state index contributed by atoms with van der Waals surface area (Å²) < 4.78 is 10.4. The van der Waals surface area contributed by atoms with Crippen LogP contribution in [0.5, 0.6) is 0 Å². The number of benzene rings is 1. The van der Waals surface area contributed by atoms with Crippen molar-refractivity contribution in [1.29, 1.82) is 0 Å². The van der Waals surface area contributed by atoms with Gasteiger partial charge in [-0.3, -0.25) is 4.79 Å². The van der Waals surface area contributed by atoms with Gasteiger partial charge in [0.1, 0.15) is 18.2 Å². The Balaban J connectivity index is 2.28. The maximum absolute atomic E-state index is 11.9. The number of nitrogens with one attached hydrogen (secondary N) is 2. The van der Waals surface area contributed by atoms with Crippen LogP contribution in [0.4, 0.5) is 4.79 Å². The molecule has 0 saturated carbocycles. The van der Waals surface area contributed by atoms with Crippen LogP contribution in [-0.4, -0.2) is 37.3 Å². The van der Waals surface area contributed by atoms with Gasteiger partial charge < -0.3 is 20.1 Å². The van der Waals surface area contributed by atoms with Crippen molar-refractivity contribution in [2.45, 2.75) is 45.4 Å². The number of alkyl carbamates (subject to hydrolysis) is 1. The molecule has 1 atom stereocenters. The van der Waals surface area contributed by atoms with Gasteiger partial charge in [0.25, 0.3) is 0 Å². The zero-order valence-electron chi connectivity index (χ0n) is 14.2. The average Bonchev–Trinajstić information content (AvgIpc) is 2.48. The quantitative estimate of drug-likeness (QED) is 0.753. The molecule has 0 fully saturated rings. The summed E-state index contributed by atoms with van der Waals surface area (Å²) in [5, 5.41) is 5.52. The number of carbonyl (C=O) groups is 2. The van der Waals surface area contributed by atoms with E-state index in [2.05, 4.69) is 10.6 Å². The monoisotopic (exact) mass is 322 g/mol. The van der Waals surface area contributed by atoms with Crippen LogP contribution in [0.25, 0.3) is 0 Å². The summed E-state index contributed by atoms with van der Waals surface area (Å²) in [5.41, 5.74) is 0.387. The van der Waals surface area contributed by atoms with E-state index in [9.17, 15) is 9.59 Å². The first-order valence-electron chi connectivity index (χ1n) is 7.66. The highest BCUT2D eigenvalue weighted by Gasteiger charge is 2.23. The van der Waals surface area contributed by atoms with E-state index < -0.39 is 17.7 Å². The maximum atomic E-state index is 11.9. The predicted octanol–water partition coefficient (Wildman–Crippen LogP) is 2.23. The number of hydrogen-bond donors (Lipinski definition) is 2. The smallest absolute Gasteiger partial charge is 0.407 e. The molecule has 23 heavy (non-hydrogen) atoms. The van der Waals surface area contributed by atoms with Crippen molar-refractivity contribution >= 4 is 12.1 Å². The van der Waals surface area contributed by atoms with Crippen molar-refractivity contribution in [3.05, 3.63) is 35.9 Å². The molecule has 6 heteroatoms. The summed E-state index contributed by atoms with van der Waals surface area (Å²) in [5.74, 6) is -0.334. The second-order valence-electron chi connectivity index (χ2n) is 6.15. The number of hydrogen-bond acceptors (Lipinski definition) is 5. The van der Waals surface area contributed by atoms with E-state index in [4.69, 9.17) is 9.47 Å². The number of ether oxygens (including phenoxy) is 2. The van der Waals surface area contributed by atoms with Gasteiger partial charge in [-0.05, 0) is 39.8 Å². The molecule has 1 aromatic rings. The highest BCUT2D eigenvalue weighted by Crippen LogP contribution is 2.09. The van der Waals surface area contributed by atoms with E-state index >= 15 is 0 Å². The summed E-state index contributed by atoms with van der Waals surface area (Å²) in [7, 11) is 1.68. The highest BCUT2D eigenvalue weighted by molar-refractivity contribution is 5.76. The molecule has 1 rings (SSSR count). The molecule has 1 amide bonds. The van der Waals surface area contributed by atoms with Gasteiger partial charge in [-0.1, -0.05) is 30.3 Å². The minimum absolute atomic E-state index is 0.216. The number of amides is 1. The molecule has 0 bridgehead atoms. The molecule has 1 unspecified atom stereocenters. The number of rotatable bonds is 7. The Hall–Kier alpha value is -2.08. The van der Waals surface area contributed by atoms with Gasteiger partial charge in [0.05, 0.1) is 0 Å². The van der Waals surface area contributed by atoms with E-state index in [1.165, 1.54) is 0 Å². The number of carbonyl (C=O) groups excluding carboxylic acids is 2. The minimum Gasteiger partial charge on any atom is -0.459 e. The van der Waals surface area contributed by atoms with Crippen LogP contribution in [0.3, 0.4) is 0 Å². The first kappa shape index (κ1) is 19.0. The van der Waals surface area contributed by atoms with Crippen molar-refractivity contribution in [3.8, 4) is 0 Å². The van der Waals surface area contributed by atoms with E-state index in [1.54, 1.807) is 7.05 Å². The normalized spacial score (nSPS) is 12.3. The molecule has 0 aliphatic carbocycles. The van der Waals surface area contributed by atoms with Gasteiger partial charge in [0.2, 0.25) is 0 Å². The Morgan fingerprint density at radius 3 is 2.39 bits per heavy atom. The van der Waals surface area contributed by atoms with Crippen LogP contribution in [-0.2, 0) is 20.9 Å². The van der Waals surface area contributed by atoms with Crippen LogP contribution in [0.2, 0.25) is 0 Å². The fourth-order valence-corrected chi connectivity index (χ4v) is 1.85. The molecule has 0 heterocycles. The lowest BCUT2D eigenvalue weighted by Gasteiger charge is -2.23. The molecule has 0 aliphatic rings. The van der Waals surface area contributed by atoms with E-state index in [0.29, 0.717) is 13.0 Å². The lowest BCUT2D eigenvalue weighted by Crippen LogP contribution is -2.41. The first-order valence-corrected chi connectivity index (χ1v) is 7.66. The summed E-state index contributed by atoms with van der Waals surface area (Å²) in [6.45, 7) is 5.98. The van der Waals surface area contributed by atoms with Crippen molar-refractivity contribution < 1.29 is 19.1 Å². The molecular formula is C17H26N2O4. The Morgan fingerprint density at radius 2 is 1.83 bits per heavy atom. The molecule has 128 valence electrons. The Kier molecular flexibility index (Phi) is 7.54. The van der Waals surface area contributed by atoms with Crippen LogP contribution >= 0.6 is 0 Å². The van der Waals surface area contributed by atoms with Crippen molar-refractivity contribution in [2.75, 3.05) is 13.6 Å². The maximum Gasteiger partial charge on any atom is 0.407 e. The molecule has 0 aromatic heterocycles. The van der Waals surface area contributed by atoms with Crippen LogP contribution in [0.15, 0.2) is 30.3 Å². The minimum atomic E-state index is -0.534. The van der Waals surface area contributed by atoms with Crippen LogP contribution in [0.1, 0.15) is 32.8 Å². The standard InChI is InChI=1S/C17H26N2O4/c1-17(2,3)23-15(20)14(18-4)10-11-19-16(21)22-12-13-8-6-5-7-9-13/h5-9,14,18H,10-12H2,1-4H3,(H,19,21). The van der Waals surface area contributed by atoms with Crippen LogP contribution in [0, 0.1) is 0 Å². The van der Waals surface area contributed by atoms with Gasteiger partial charge in [-0.2, -0.15) is 0 Å². The lowest BCUT2D eigenvalue weighted by atomic mass is 10.1. The molecular weight excluding hydrogens is 296 g/mol. The van der Waals surface area contributed by atoms with Gasteiger partial charge in [0.15, 0.2) is 0 Å². The highest BCUT2D eigenvalue weighted by atomic mass is 16.6. The molecule has 0 aliphatic heterocycles. The Morgan fingerprint density at radius 1 is 1.17 bits per heavy atom. The fourth-order valence-electron chi connectivity index (χ4n) is 1.85. The van der Waals surface area contributed by atoms with Gasteiger partial charge in [-0.25, -0.2) is 4.79 Å². The third-order valence-corrected chi connectivity index (χ3v) is 2.95. The predicted molar refractivity (Wildman–Crippen MR) is 87.9 cm³/mol. The molecule has 0 saturated heterocycles. The van der Waals surface area contributed by atoms with Crippen molar-refractivity contribution in [3.63, 3.8) is 0 Å². The topological polar surface area (TPSA) is 76.7 Å². The fraction of sp³-hybridized carbons (Fsp3) is 0.529. The van der Waals surface area contributed by atoms with Crippen molar-refractivity contribution in [1.82, 2.24) is 10.6 Å². The second kappa shape index (κ2) is 9.15. The largest absolute Gasteiger partial charge is 0.459 e. The zero-order chi connectivity index (χ0) is 17.3. The van der Waals surface area contributed by atoms with Crippen molar-refractivity contribution in [2.24, 2.45) is 0 Å². The number of likely N-dealkylation sites (N-methyl/N-ethyl adjacent to an activating group) is 1. The zero-order valence-corrected chi connectivity index (χ0v) is 14.2. The SMILES string of the molecule is CNC(CCNC(=O)OCc1ccccc1)C(=O)OC(C)(C)C. The molecule has 6 nitrogen and oxygen atoms in total. The van der Waals surface area contributed by atoms with E-state index in [1.807, 2.05) is 51.1 Å². The number of esters is 1. The first-order chi connectivity index (χ1) is 10.8. The summed E-state index contributed by atoms with van der Waals surface area (Å²) in [4.78, 5) is 23.6. The lowest BCUT2D eigenvalue weighted by molar-refractivity contribution is -0.157. The Bertz CT molecular complexity index is 497. The summed E-state index contributed by atoms with van der Waals surface area (Å²) in [6.07, 6.45) is -0.0841. The van der Waals surface area contributed by atoms with Crippen LogP contribution < -0.4 is 10.6 Å². The molecule has 2 N–H and O–H groups in total. The Labute approximate surface area is 137 Å². The third kappa shape index (κ3) is 8.21.